The second-order valence-corrected chi connectivity index (χ2v) is 9.24. The van der Waals surface area contributed by atoms with Crippen molar-refractivity contribution < 1.29 is 33.8 Å². The first-order valence-electron chi connectivity index (χ1n) is 10.8. The summed E-state index contributed by atoms with van der Waals surface area (Å²) in [6.07, 6.45) is 2.06. The van der Waals surface area contributed by atoms with Crippen molar-refractivity contribution in [3.63, 3.8) is 0 Å². The van der Waals surface area contributed by atoms with Gasteiger partial charge in [0.25, 0.3) is 11.1 Å². The topological polar surface area (TPSA) is 122 Å². The van der Waals surface area contributed by atoms with E-state index in [0.29, 0.717) is 23.7 Å². The third-order valence-corrected chi connectivity index (χ3v) is 6.26. The van der Waals surface area contributed by atoms with Crippen LogP contribution < -0.4 is 10.1 Å². The number of nitrogens with zero attached hydrogens (tertiary/aromatic N) is 1. The van der Waals surface area contributed by atoms with E-state index in [1.165, 1.54) is 36.4 Å². The van der Waals surface area contributed by atoms with Gasteiger partial charge in [0.15, 0.2) is 11.5 Å². The lowest BCUT2D eigenvalue weighted by Gasteiger charge is -2.13. The molecule has 190 valence electrons. The van der Waals surface area contributed by atoms with Gasteiger partial charge in [-0.25, -0.2) is 4.79 Å². The monoisotopic (exact) mass is 552 g/mol. The van der Waals surface area contributed by atoms with E-state index in [2.05, 4.69) is 5.32 Å². The van der Waals surface area contributed by atoms with Gasteiger partial charge in [-0.3, -0.25) is 19.3 Å². The number of thioether (sulfide) groups is 1. The van der Waals surface area contributed by atoms with Gasteiger partial charge in [0, 0.05) is 5.69 Å². The Hall–Kier alpha value is -3.21. The Balaban J connectivity index is 1.72. The lowest BCUT2D eigenvalue weighted by atomic mass is 10.2. The van der Waals surface area contributed by atoms with Gasteiger partial charge in [-0.05, 0) is 67.1 Å². The molecule has 2 N–H and O–H groups in total. The lowest BCUT2D eigenvalue weighted by molar-refractivity contribution is -0.127. The Morgan fingerprint density at radius 3 is 2.58 bits per heavy atom. The minimum atomic E-state index is -0.665. The number of anilines is 1. The lowest BCUT2D eigenvalue weighted by Crippen LogP contribution is -2.36. The quantitative estimate of drug-likeness (QED) is 0.315. The number of halogens is 2. The molecule has 3 amide bonds. The Bertz CT molecular complexity index is 1250. The molecule has 0 atom stereocenters. The molecule has 1 aliphatic rings. The molecule has 0 unspecified atom stereocenters. The number of phenols is 1. The SMILES string of the molecule is CCCOC(=O)c1cc(NC(=O)CN2C(=O)S/C(=C\c3cc(Cl)c(O)c(OCC)c3)C2=O)ccc1Cl. The number of imide groups is 1. The zero-order valence-electron chi connectivity index (χ0n) is 19.3. The van der Waals surface area contributed by atoms with Crippen molar-refractivity contribution in [2.24, 2.45) is 0 Å². The number of amides is 3. The van der Waals surface area contributed by atoms with Gasteiger partial charge in [0.05, 0.1) is 33.7 Å². The van der Waals surface area contributed by atoms with Gasteiger partial charge in [-0.1, -0.05) is 30.1 Å². The number of aromatic hydroxyl groups is 1. The fourth-order valence-corrected chi connectivity index (χ4v) is 4.36. The minimum absolute atomic E-state index is 0.0201. The van der Waals surface area contributed by atoms with Crippen LogP contribution in [0.5, 0.6) is 11.5 Å². The van der Waals surface area contributed by atoms with Crippen LogP contribution in [-0.2, 0) is 14.3 Å². The number of ether oxygens (including phenoxy) is 2. The number of nitrogens with one attached hydrogen (secondary N) is 1. The first kappa shape index (κ1) is 27.4. The van der Waals surface area contributed by atoms with Gasteiger partial charge >= 0.3 is 5.97 Å². The van der Waals surface area contributed by atoms with Crippen molar-refractivity contribution in [2.45, 2.75) is 20.3 Å². The summed E-state index contributed by atoms with van der Waals surface area (Å²) in [4.78, 5) is 50.8. The number of rotatable bonds is 9. The van der Waals surface area contributed by atoms with Crippen LogP contribution in [0.15, 0.2) is 35.2 Å². The van der Waals surface area contributed by atoms with Crippen molar-refractivity contribution in [3.05, 3.63) is 56.4 Å². The van der Waals surface area contributed by atoms with E-state index in [-0.39, 0.29) is 50.9 Å². The molecule has 0 saturated carbocycles. The highest BCUT2D eigenvalue weighted by molar-refractivity contribution is 8.18. The van der Waals surface area contributed by atoms with E-state index in [9.17, 15) is 24.3 Å². The molecule has 0 spiro atoms. The summed E-state index contributed by atoms with van der Waals surface area (Å²) in [6, 6.07) is 7.17. The summed E-state index contributed by atoms with van der Waals surface area (Å²) in [5.74, 6) is -2.04. The first-order valence-corrected chi connectivity index (χ1v) is 12.4. The summed E-state index contributed by atoms with van der Waals surface area (Å²) < 4.78 is 10.4. The molecular formula is C24H22Cl2N2O7S. The van der Waals surface area contributed by atoms with Gasteiger partial charge < -0.3 is 19.9 Å². The van der Waals surface area contributed by atoms with Crippen LogP contribution in [0.1, 0.15) is 36.2 Å². The van der Waals surface area contributed by atoms with E-state index in [0.717, 1.165) is 4.90 Å². The number of hydrogen-bond donors (Lipinski definition) is 2. The van der Waals surface area contributed by atoms with E-state index in [1.807, 2.05) is 6.92 Å². The number of esters is 1. The van der Waals surface area contributed by atoms with E-state index in [1.54, 1.807) is 6.92 Å². The van der Waals surface area contributed by atoms with Crippen LogP contribution in [0.25, 0.3) is 6.08 Å². The smallest absolute Gasteiger partial charge is 0.339 e. The first-order chi connectivity index (χ1) is 17.1. The number of hydrogen-bond acceptors (Lipinski definition) is 8. The average molecular weight is 553 g/mol. The number of phenolic OH excluding ortho intramolecular Hbond substituents is 1. The summed E-state index contributed by atoms with van der Waals surface area (Å²) in [7, 11) is 0. The second-order valence-electron chi connectivity index (χ2n) is 7.43. The minimum Gasteiger partial charge on any atom is -0.503 e. The summed E-state index contributed by atoms with van der Waals surface area (Å²) in [5.41, 5.74) is 0.758. The molecule has 1 fully saturated rings. The maximum absolute atomic E-state index is 12.8. The Kier molecular flexibility index (Phi) is 9.25. The Morgan fingerprint density at radius 1 is 1.14 bits per heavy atom. The highest BCUT2D eigenvalue weighted by atomic mass is 35.5. The molecule has 2 aromatic rings. The van der Waals surface area contributed by atoms with Crippen LogP contribution in [0.2, 0.25) is 10.0 Å². The fourth-order valence-electron chi connectivity index (χ4n) is 3.11. The molecule has 12 heteroatoms. The predicted octanol–water partition coefficient (Wildman–Crippen LogP) is 5.34. The molecule has 0 aliphatic carbocycles. The Morgan fingerprint density at radius 2 is 1.89 bits per heavy atom. The zero-order valence-corrected chi connectivity index (χ0v) is 21.6. The van der Waals surface area contributed by atoms with E-state index < -0.39 is 29.6 Å². The average Bonchev–Trinajstić information content (AvgIpc) is 3.09. The van der Waals surface area contributed by atoms with Gasteiger partial charge in [0.1, 0.15) is 6.54 Å². The van der Waals surface area contributed by atoms with Crippen molar-refractivity contribution in [3.8, 4) is 11.5 Å². The van der Waals surface area contributed by atoms with Crippen molar-refractivity contribution in [2.75, 3.05) is 25.1 Å². The highest BCUT2D eigenvalue weighted by Crippen LogP contribution is 2.38. The predicted molar refractivity (Wildman–Crippen MR) is 138 cm³/mol. The molecule has 9 nitrogen and oxygen atoms in total. The van der Waals surface area contributed by atoms with Gasteiger partial charge in [0.2, 0.25) is 5.91 Å². The van der Waals surface area contributed by atoms with Gasteiger partial charge in [-0.2, -0.15) is 0 Å². The Labute approximate surface area is 221 Å². The number of benzene rings is 2. The van der Waals surface area contributed by atoms with Crippen LogP contribution in [0.3, 0.4) is 0 Å². The molecule has 0 radical (unpaired) electrons. The van der Waals surface area contributed by atoms with E-state index in [4.69, 9.17) is 32.7 Å². The second kappa shape index (κ2) is 12.2. The molecule has 0 bridgehead atoms. The molecule has 0 aromatic heterocycles. The molecule has 1 heterocycles. The van der Waals surface area contributed by atoms with Crippen molar-refractivity contribution >= 4 is 69.8 Å². The normalized spacial score (nSPS) is 14.3. The maximum atomic E-state index is 12.8. The van der Waals surface area contributed by atoms with Crippen molar-refractivity contribution in [1.82, 2.24) is 4.90 Å². The standard InChI is InChI=1S/C24H22Cl2N2O7S/c1-3-7-35-23(32)15-11-14(5-6-16(15)25)27-20(29)12-28-22(31)19(36-24(28)33)10-13-8-17(26)21(30)18(9-13)34-4-2/h5-6,8-11,30H,3-4,7,12H2,1-2H3,(H,27,29)/b19-10-. The molecule has 1 aliphatic heterocycles. The zero-order chi connectivity index (χ0) is 26.4. The molecule has 36 heavy (non-hydrogen) atoms. The maximum Gasteiger partial charge on any atom is 0.339 e. The third-order valence-electron chi connectivity index (χ3n) is 4.73. The van der Waals surface area contributed by atoms with Crippen LogP contribution in [0, 0.1) is 0 Å². The molecular weight excluding hydrogens is 531 g/mol. The largest absolute Gasteiger partial charge is 0.503 e. The molecule has 2 aromatic carbocycles. The van der Waals surface area contributed by atoms with E-state index >= 15 is 0 Å². The number of carbonyl (C=O) groups is 4. The van der Waals surface area contributed by atoms with Crippen molar-refractivity contribution in [1.29, 1.82) is 0 Å². The summed E-state index contributed by atoms with van der Waals surface area (Å²) in [6.45, 7) is 3.55. The van der Waals surface area contributed by atoms with Gasteiger partial charge in [-0.15, -0.1) is 0 Å². The summed E-state index contributed by atoms with van der Waals surface area (Å²) in [5, 5.41) is 12.1. The van der Waals surface area contributed by atoms with Crippen LogP contribution in [0.4, 0.5) is 10.5 Å². The number of carbonyl (C=O) groups excluding carboxylic acids is 4. The summed E-state index contributed by atoms with van der Waals surface area (Å²) >= 11 is 12.8. The molecule has 1 saturated heterocycles. The molecule has 3 rings (SSSR count). The fraction of sp³-hybridized carbons (Fsp3) is 0.250. The third kappa shape index (κ3) is 6.51. The highest BCUT2D eigenvalue weighted by Gasteiger charge is 2.36. The van der Waals surface area contributed by atoms with Crippen LogP contribution >= 0.6 is 35.0 Å². The van der Waals surface area contributed by atoms with Crippen LogP contribution in [-0.4, -0.2) is 52.8 Å².